The lowest BCUT2D eigenvalue weighted by atomic mass is 10.1. The van der Waals surface area contributed by atoms with E-state index in [-0.39, 0.29) is 12.4 Å². The summed E-state index contributed by atoms with van der Waals surface area (Å²) < 4.78 is 8.47. The second kappa shape index (κ2) is 10.1. The first-order valence-electron chi connectivity index (χ1n) is 11.6. The highest BCUT2D eigenvalue weighted by atomic mass is 35.5. The molecule has 2 aromatic carbocycles. The number of aromatic nitrogens is 1. The summed E-state index contributed by atoms with van der Waals surface area (Å²) in [6, 6.07) is 19.1. The van der Waals surface area contributed by atoms with Gasteiger partial charge in [0.25, 0.3) is 0 Å². The van der Waals surface area contributed by atoms with Crippen molar-refractivity contribution in [1.29, 1.82) is 0 Å². The average Bonchev–Trinajstić information content (AvgIpc) is 3.39. The summed E-state index contributed by atoms with van der Waals surface area (Å²) in [4.78, 5) is 27.6. The van der Waals surface area contributed by atoms with E-state index < -0.39 is 5.97 Å². The lowest BCUT2D eigenvalue weighted by Gasteiger charge is -2.06. The van der Waals surface area contributed by atoms with Crippen molar-refractivity contribution in [1.82, 2.24) is 4.40 Å². The highest BCUT2D eigenvalue weighted by Gasteiger charge is 2.29. The number of carbonyl (C=O) groups excluding carboxylic acids is 2. The number of ether oxygens (including phenoxy) is 1. The fourth-order valence-corrected chi connectivity index (χ4v) is 7.02. The summed E-state index contributed by atoms with van der Waals surface area (Å²) >= 11 is 9.18. The van der Waals surface area contributed by atoms with Crippen molar-refractivity contribution >= 4 is 62.9 Å². The van der Waals surface area contributed by atoms with Gasteiger partial charge in [-0.1, -0.05) is 35.9 Å². The molecule has 0 aliphatic carbocycles. The molecule has 0 aliphatic heterocycles. The van der Waals surface area contributed by atoms with Crippen molar-refractivity contribution in [2.24, 2.45) is 0 Å². The van der Waals surface area contributed by atoms with Gasteiger partial charge in [0, 0.05) is 27.9 Å². The van der Waals surface area contributed by atoms with Crippen LogP contribution in [0.25, 0.3) is 16.4 Å². The van der Waals surface area contributed by atoms with Crippen LogP contribution in [-0.2, 0) is 10.5 Å². The van der Waals surface area contributed by atoms with Crippen LogP contribution in [0.5, 0.6) is 0 Å². The molecule has 0 saturated carbocycles. The molecule has 7 heteroatoms. The second-order valence-electron chi connectivity index (χ2n) is 8.55. The number of halogens is 1. The Morgan fingerprint density at radius 1 is 1.06 bits per heavy atom. The molecular weight excluding hydrogens is 510 g/mol. The molecule has 0 radical (unpaired) electrons. The number of thioether (sulfide) groups is 1. The predicted molar refractivity (Wildman–Crippen MR) is 149 cm³/mol. The molecule has 0 aliphatic rings. The van der Waals surface area contributed by atoms with Crippen LogP contribution in [0.1, 0.15) is 49.2 Å². The SMILES string of the molecule is CCOC(=O)c1c2c(C(=O)c3ccc(Cl)cc3)sc(SCc3ccccc3C)c2n2ccc(C)cc12. The number of benzene rings is 2. The van der Waals surface area contributed by atoms with Crippen LogP contribution >= 0.6 is 34.7 Å². The third-order valence-electron chi connectivity index (χ3n) is 6.12. The number of thiophene rings is 1. The fraction of sp³-hybridized carbons (Fsp3) is 0.172. The van der Waals surface area contributed by atoms with Gasteiger partial charge in [0.2, 0.25) is 5.78 Å². The zero-order chi connectivity index (χ0) is 25.4. The molecule has 5 aromatic rings. The van der Waals surface area contributed by atoms with Crippen molar-refractivity contribution in [2.75, 3.05) is 6.61 Å². The van der Waals surface area contributed by atoms with Gasteiger partial charge in [-0.05, 0) is 73.9 Å². The highest BCUT2D eigenvalue weighted by Crippen LogP contribution is 2.45. The molecule has 3 heterocycles. The number of fused-ring (bicyclic) bond motifs is 3. The van der Waals surface area contributed by atoms with E-state index in [1.54, 1.807) is 43.0 Å². The summed E-state index contributed by atoms with van der Waals surface area (Å²) in [5, 5.41) is 1.21. The maximum Gasteiger partial charge on any atom is 0.341 e. The Morgan fingerprint density at radius 3 is 2.53 bits per heavy atom. The minimum Gasteiger partial charge on any atom is -0.462 e. The van der Waals surface area contributed by atoms with Gasteiger partial charge in [0.15, 0.2) is 0 Å². The lowest BCUT2D eigenvalue weighted by Crippen LogP contribution is -2.06. The Hall–Kier alpha value is -3.06. The van der Waals surface area contributed by atoms with Crippen LogP contribution in [-0.4, -0.2) is 22.8 Å². The monoisotopic (exact) mass is 533 g/mol. The van der Waals surface area contributed by atoms with E-state index >= 15 is 0 Å². The average molecular weight is 534 g/mol. The highest BCUT2D eigenvalue weighted by molar-refractivity contribution is 8.00. The van der Waals surface area contributed by atoms with E-state index in [1.165, 1.54) is 22.5 Å². The van der Waals surface area contributed by atoms with Crippen LogP contribution in [0.3, 0.4) is 0 Å². The normalized spacial score (nSPS) is 11.3. The number of rotatable bonds is 7. The Balaban J connectivity index is 1.75. The summed E-state index contributed by atoms with van der Waals surface area (Å²) in [5.74, 6) is 0.196. The van der Waals surface area contributed by atoms with Gasteiger partial charge in [-0.25, -0.2) is 4.79 Å². The number of hydrogen-bond donors (Lipinski definition) is 0. The molecule has 3 aromatic heterocycles. The molecule has 0 amide bonds. The first kappa shape index (κ1) is 24.6. The first-order chi connectivity index (χ1) is 17.4. The number of nitrogens with zero attached hydrogens (tertiary/aromatic N) is 1. The molecule has 0 N–H and O–H groups in total. The summed E-state index contributed by atoms with van der Waals surface area (Å²) in [6.07, 6.45) is 1.97. The Morgan fingerprint density at radius 2 is 1.81 bits per heavy atom. The fourth-order valence-electron chi connectivity index (χ4n) is 4.29. The molecule has 0 fully saturated rings. The summed E-state index contributed by atoms with van der Waals surface area (Å²) in [7, 11) is 0. The lowest BCUT2D eigenvalue weighted by molar-refractivity contribution is 0.0531. The van der Waals surface area contributed by atoms with Crippen molar-refractivity contribution in [2.45, 2.75) is 30.7 Å². The number of carbonyl (C=O) groups is 2. The Labute approximate surface area is 222 Å². The zero-order valence-corrected chi connectivity index (χ0v) is 22.5. The third kappa shape index (κ3) is 4.45. The molecule has 0 saturated heterocycles. The zero-order valence-electron chi connectivity index (χ0n) is 20.1. The molecule has 0 bridgehead atoms. The standard InChI is InChI=1S/C29H24ClNO3S2/c1-4-34-28(33)23-22-15-17(2)13-14-31(22)25-24(23)27(26(32)19-9-11-21(30)12-10-19)36-29(25)35-16-20-8-6-5-7-18(20)3/h5-15H,4,16H2,1-3H3. The number of esters is 1. The first-order valence-corrected chi connectivity index (χ1v) is 13.8. The van der Waals surface area contributed by atoms with Crippen molar-refractivity contribution in [3.05, 3.63) is 105 Å². The number of aryl methyl sites for hydroxylation is 2. The van der Waals surface area contributed by atoms with Crippen LogP contribution in [0.2, 0.25) is 5.02 Å². The van der Waals surface area contributed by atoms with Gasteiger partial charge < -0.3 is 9.14 Å². The molecule has 182 valence electrons. The van der Waals surface area contributed by atoms with Crippen molar-refractivity contribution < 1.29 is 14.3 Å². The maximum absolute atomic E-state index is 13.8. The Kier molecular flexibility index (Phi) is 6.93. The number of hydrogen-bond acceptors (Lipinski definition) is 5. The molecule has 0 unspecified atom stereocenters. The minimum atomic E-state index is -0.422. The molecule has 0 spiro atoms. The van der Waals surface area contributed by atoms with Crippen molar-refractivity contribution in [3.8, 4) is 0 Å². The van der Waals surface area contributed by atoms with Crippen LogP contribution < -0.4 is 0 Å². The van der Waals surface area contributed by atoms with Crippen LogP contribution in [0.4, 0.5) is 0 Å². The second-order valence-corrected chi connectivity index (χ2v) is 11.2. The van der Waals surface area contributed by atoms with Crippen LogP contribution in [0, 0.1) is 13.8 Å². The summed E-state index contributed by atoms with van der Waals surface area (Å²) in [5.41, 5.74) is 6.06. The van der Waals surface area contributed by atoms with Gasteiger partial charge in [-0.15, -0.1) is 23.1 Å². The molecular formula is C29H24ClNO3S2. The number of pyridine rings is 1. The van der Waals surface area contributed by atoms with E-state index in [4.69, 9.17) is 16.3 Å². The Bertz CT molecular complexity index is 1620. The smallest absolute Gasteiger partial charge is 0.341 e. The largest absolute Gasteiger partial charge is 0.462 e. The van der Waals surface area contributed by atoms with Crippen LogP contribution in [0.15, 0.2) is 71.1 Å². The van der Waals surface area contributed by atoms with Gasteiger partial charge in [-0.2, -0.15) is 0 Å². The third-order valence-corrected chi connectivity index (χ3v) is 8.86. The van der Waals surface area contributed by atoms with E-state index in [0.717, 1.165) is 26.6 Å². The number of ketones is 1. The van der Waals surface area contributed by atoms with E-state index in [9.17, 15) is 9.59 Å². The summed E-state index contributed by atoms with van der Waals surface area (Å²) in [6.45, 7) is 6.13. The van der Waals surface area contributed by atoms with Crippen molar-refractivity contribution in [3.63, 3.8) is 0 Å². The van der Waals surface area contributed by atoms with Gasteiger partial charge >= 0.3 is 5.97 Å². The van der Waals surface area contributed by atoms with E-state index in [0.29, 0.717) is 26.4 Å². The molecule has 0 atom stereocenters. The maximum atomic E-state index is 13.8. The van der Waals surface area contributed by atoms with Gasteiger partial charge in [-0.3, -0.25) is 4.79 Å². The van der Waals surface area contributed by atoms with E-state index in [2.05, 4.69) is 19.1 Å². The molecule has 4 nitrogen and oxygen atoms in total. The van der Waals surface area contributed by atoms with Gasteiger partial charge in [0.05, 0.1) is 32.3 Å². The topological polar surface area (TPSA) is 47.8 Å². The minimum absolute atomic E-state index is 0.136. The molecule has 5 rings (SSSR count). The van der Waals surface area contributed by atoms with Gasteiger partial charge in [0.1, 0.15) is 0 Å². The quantitative estimate of drug-likeness (QED) is 0.120. The molecule has 36 heavy (non-hydrogen) atoms. The predicted octanol–water partition coefficient (Wildman–Crippen LogP) is 8.12. The van der Waals surface area contributed by atoms with E-state index in [1.807, 2.05) is 41.8 Å².